The van der Waals surface area contributed by atoms with Crippen molar-refractivity contribution in [1.82, 2.24) is 4.31 Å². The SMILES string of the molecule is COc1ccc(S(=O)(=O)N2CCCC(S(C)(=O)=O)CC2)cc1C(=O)O. The van der Waals surface area contributed by atoms with Crippen LogP contribution in [0.4, 0.5) is 0 Å². The summed E-state index contributed by atoms with van der Waals surface area (Å²) in [7, 11) is -5.84. The van der Waals surface area contributed by atoms with E-state index in [4.69, 9.17) is 4.74 Å². The molecule has 0 spiro atoms. The molecule has 1 saturated heterocycles. The number of benzene rings is 1. The molecule has 0 saturated carbocycles. The Labute approximate surface area is 147 Å². The number of sulfonamides is 1. The highest BCUT2D eigenvalue weighted by Gasteiger charge is 2.31. The molecule has 140 valence electrons. The van der Waals surface area contributed by atoms with Gasteiger partial charge in [-0.05, 0) is 37.5 Å². The number of ether oxygens (including phenoxy) is 1. The predicted octanol–water partition coefficient (Wildman–Crippen LogP) is 0.981. The summed E-state index contributed by atoms with van der Waals surface area (Å²) in [4.78, 5) is 11.1. The van der Waals surface area contributed by atoms with Gasteiger partial charge in [0.2, 0.25) is 10.0 Å². The lowest BCUT2D eigenvalue weighted by molar-refractivity contribution is 0.0693. The molecular weight excluding hydrogens is 370 g/mol. The quantitative estimate of drug-likeness (QED) is 0.795. The van der Waals surface area contributed by atoms with Crippen LogP contribution in [0.3, 0.4) is 0 Å². The normalized spacial score (nSPS) is 20.0. The van der Waals surface area contributed by atoms with E-state index < -0.39 is 31.1 Å². The zero-order chi connectivity index (χ0) is 18.8. The number of rotatable bonds is 5. The molecule has 1 N–H and O–H groups in total. The number of aromatic carboxylic acids is 1. The minimum atomic E-state index is -3.92. The highest BCUT2D eigenvalue weighted by atomic mass is 32.2. The number of carboxylic acids is 1. The summed E-state index contributed by atoms with van der Waals surface area (Å²) in [5.74, 6) is -1.22. The van der Waals surface area contributed by atoms with Gasteiger partial charge < -0.3 is 9.84 Å². The summed E-state index contributed by atoms with van der Waals surface area (Å²) < 4.78 is 55.2. The van der Waals surface area contributed by atoms with E-state index >= 15 is 0 Å². The zero-order valence-electron chi connectivity index (χ0n) is 14.0. The smallest absolute Gasteiger partial charge is 0.339 e. The first-order chi connectivity index (χ1) is 11.6. The van der Waals surface area contributed by atoms with Crippen molar-refractivity contribution >= 4 is 25.8 Å². The summed E-state index contributed by atoms with van der Waals surface area (Å²) in [5, 5.41) is 8.65. The average molecular weight is 391 g/mol. The van der Waals surface area contributed by atoms with Crippen LogP contribution in [0.1, 0.15) is 29.6 Å². The molecule has 1 aromatic carbocycles. The van der Waals surface area contributed by atoms with Crippen LogP contribution < -0.4 is 4.74 Å². The highest BCUT2D eigenvalue weighted by molar-refractivity contribution is 7.91. The molecule has 0 bridgehead atoms. The Hall–Kier alpha value is -1.65. The van der Waals surface area contributed by atoms with Gasteiger partial charge in [-0.1, -0.05) is 0 Å². The Kier molecular flexibility index (Phi) is 5.75. The van der Waals surface area contributed by atoms with Crippen molar-refractivity contribution < 1.29 is 31.5 Å². The van der Waals surface area contributed by atoms with Crippen LogP contribution in [0.25, 0.3) is 0 Å². The van der Waals surface area contributed by atoms with Crippen molar-refractivity contribution in [3.8, 4) is 5.75 Å². The first-order valence-corrected chi connectivity index (χ1v) is 11.1. The molecule has 8 nitrogen and oxygen atoms in total. The van der Waals surface area contributed by atoms with Crippen LogP contribution in [0.5, 0.6) is 5.75 Å². The van der Waals surface area contributed by atoms with Crippen molar-refractivity contribution in [2.24, 2.45) is 0 Å². The third-order valence-corrected chi connectivity index (χ3v) is 7.86. The third-order valence-electron chi connectivity index (χ3n) is 4.28. The minimum absolute atomic E-state index is 0.0689. The van der Waals surface area contributed by atoms with Crippen LogP contribution in [-0.2, 0) is 19.9 Å². The zero-order valence-corrected chi connectivity index (χ0v) is 15.6. The lowest BCUT2D eigenvalue weighted by Gasteiger charge is -2.20. The van der Waals surface area contributed by atoms with Gasteiger partial charge in [0.25, 0.3) is 0 Å². The maximum atomic E-state index is 12.8. The monoisotopic (exact) mass is 391 g/mol. The standard InChI is InChI=1S/C15H21NO7S2/c1-23-14-6-5-12(10-13(14)15(17)18)25(21,22)16-8-3-4-11(7-9-16)24(2,19)20/h5-6,10-11H,3-4,7-9H2,1-2H3,(H,17,18). The molecular formula is C15H21NO7S2. The van der Waals surface area contributed by atoms with Gasteiger partial charge in [-0.3, -0.25) is 0 Å². The number of methoxy groups -OCH3 is 1. The molecule has 1 aromatic rings. The van der Waals surface area contributed by atoms with E-state index in [9.17, 15) is 26.7 Å². The molecule has 25 heavy (non-hydrogen) atoms. The first-order valence-electron chi connectivity index (χ1n) is 7.67. The summed E-state index contributed by atoms with van der Waals surface area (Å²) >= 11 is 0. The number of hydrogen-bond acceptors (Lipinski definition) is 6. The molecule has 2 rings (SSSR count). The molecule has 0 radical (unpaired) electrons. The van der Waals surface area contributed by atoms with Gasteiger partial charge in [0.1, 0.15) is 21.2 Å². The van der Waals surface area contributed by atoms with Crippen LogP contribution in [-0.4, -0.2) is 63.9 Å². The van der Waals surface area contributed by atoms with Crippen LogP contribution >= 0.6 is 0 Å². The highest BCUT2D eigenvalue weighted by Crippen LogP contribution is 2.27. The topological polar surface area (TPSA) is 118 Å². The van der Waals surface area contributed by atoms with Crippen LogP contribution in [0, 0.1) is 0 Å². The average Bonchev–Trinajstić information content (AvgIpc) is 2.80. The largest absolute Gasteiger partial charge is 0.496 e. The molecule has 1 aliphatic rings. The van der Waals surface area contributed by atoms with Gasteiger partial charge in [0.15, 0.2) is 0 Å². The molecule has 1 atom stereocenters. The second kappa shape index (κ2) is 7.30. The van der Waals surface area contributed by atoms with E-state index in [0.29, 0.717) is 12.8 Å². The van der Waals surface area contributed by atoms with Crippen molar-refractivity contribution in [1.29, 1.82) is 0 Å². The molecule has 0 aromatic heterocycles. The number of nitrogens with zero attached hydrogens (tertiary/aromatic N) is 1. The summed E-state index contributed by atoms with van der Waals surface area (Å²) in [6.07, 6.45) is 2.22. The summed E-state index contributed by atoms with van der Waals surface area (Å²) in [6.45, 7) is 0.275. The second-order valence-corrected chi connectivity index (χ2v) is 10.2. The van der Waals surface area contributed by atoms with Gasteiger partial charge >= 0.3 is 5.97 Å². The Morgan fingerprint density at radius 3 is 2.44 bits per heavy atom. The van der Waals surface area contributed by atoms with Gasteiger partial charge in [-0.15, -0.1) is 0 Å². The molecule has 0 aliphatic carbocycles. The fourth-order valence-electron chi connectivity index (χ4n) is 2.87. The Balaban J connectivity index is 2.33. The summed E-state index contributed by atoms with van der Waals surface area (Å²) in [5.41, 5.74) is -0.243. The van der Waals surface area contributed by atoms with E-state index in [2.05, 4.69) is 0 Å². The van der Waals surface area contributed by atoms with Crippen molar-refractivity contribution in [3.63, 3.8) is 0 Å². The first kappa shape index (κ1) is 19.7. The van der Waals surface area contributed by atoms with E-state index in [-0.39, 0.29) is 35.7 Å². The second-order valence-electron chi connectivity index (χ2n) is 5.95. The van der Waals surface area contributed by atoms with Crippen molar-refractivity contribution in [2.75, 3.05) is 26.5 Å². The predicted molar refractivity (Wildman–Crippen MR) is 91.2 cm³/mol. The van der Waals surface area contributed by atoms with Crippen molar-refractivity contribution in [3.05, 3.63) is 23.8 Å². The molecule has 1 heterocycles. The number of carbonyl (C=O) groups is 1. The lowest BCUT2D eigenvalue weighted by Crippen LogP contribution is -2.33. The lowest BCUT2D eigenvalue weighted by atomic mass is 10.2. The van der Waals surface area contributed by atoms with E-state index in [1.807, 2.05) is 0 Å². The van der Waals surface area contributed by atoms with E-state index in [1.54, 1.807) is 0 Å². The third kappa shape index (κ3) is 4.31. The number of sulfone groups is 1. The molecule has 10 heteroatoms. The Bertz CT molecular complexity index is 862. The minimum Gasteiger partial charge on any atom is -0.496 e. The Morgan fingerprint density at radius 2 is 1.88 bits per heavy atom. The molecule has 0 amide bonds. The molecule has 1 fully saturated rings. The maximum Gasteiger partial charge on any atom is 0.339 e. The van der Waals surface area contributed by atoms with Gasteiger partial charge in [0.05, 0.1) is 17.3 Å². The van der Waals surface area contributed by atoms with Gasteiger partial charge in [-0.25, -0.2) is 21.6 Å². The van der Waals surface area contributed by atoms with E-state index in [0.717, 1.165) is 12.3 Å². The number of hydrogen-bond donors (Lipinski definition) is 1. The molecule has 1 aliphatic heterocycles. The van der Waals surface area contributed by atoms with Gasteiger partial charge in [0, 0.05) is 19.3 Å². The van der Waals surface area contributed by atoms with Crippen LogP contribution in [0.15, 0.2) is 23.1 Å². The Morgan fingerprint density at radius 1 is 1.20 bits per heavy atom. The number of carboxylic acid groups (broad SMARTS) is 1. The van der Waals surface area contributed by atoms with Gasteiger partial charge in [-0.2, -0.15) is 4.31 Å². The summed E-state index contributed by atoms with van der Waals surface area (Å²) in [6, 6.07) is 3.66. The van der Waals surface area contributed by atoms with E-state index in [1.165, 1.54) is 23.5 Å². The fraction of sp³-hybridized carbons (Fsp3) is 0.533. The van der Waals surface area contributed by atoms with Crippen LogP contribution in [0.2, 0.25) is 0 Å². The fourth-order valence-corrected chi connectivity index (χ4v) is 5.52. The maximum absolute atomic E-state index is 12.8. The van der Waals surface area contributed by atoms with Crippen molar-refractivity contribution in [2.45, 2.75) is 29.4 Å². The molecule has 1 unspecified atom stereocenters.